The highest BCUT2D eigenvalue weighted by Crippen LogP contribution is 2.33. The van der Waals surface area contributed by atoms with E-state index in [0.717, 1.165) is 18.6 Å². The summed E-state index contributed by atoms with van der Waals surface area (Å²) in [5.74, 6) is 0.697. The first-order valence-electron chi connectivity index (χ1n) is 10.7. The number of rotatable bonds is 10. The second-order valence-corrected chi connectivity index (χ2v) is 7.94. The van der Waals surface area contributed by atoms with E-state index in [9.17, 15) is 9.59 Å². The Morgan fingerprint density at radius 1 is 1.06 bits per heavy atom. The smallest absolute Gasteiger partial charge is 0.229 e. The van der Waals surface area contributed by atoms with E-state index < -0.39 is 0 Å². The molecule has 32 heavy (non-hydrogen) atoms. The highest BCUT2D eigenvalue weighted by Gasteiger charge is 2.29. The molecule has 0 aromatic heterocycles. The molecule has 1 N–H and O–H groups in total. The first-order chi connectivity index (χ1) is 15.6. The molecule has 3 rings (SSSR count). The summed E-state index contributed by atoms with van der Waals surface area (Å²) in [5, 5.41) is 3.33. The van der Waals surface area contributed by atoms with Crippen LogP contribution in [-0.4, -0.2) is 56.7 Å². The van der Waals surface area contributed by atoms with Crippen LogP contribution in [0.4, 0.5) is 5.69 Å². The van der Waals surface area contributed by atoms with Crippen molar-refractivity contribution in [1.29, 1.82) is 0 Å². The molecular weight excluding hydrogens is 432 g/mol. The fraction of sp³-hybridized carbons (Fsp3) is 0.417. The molecule has 1 aliphatic heterocycles. The van der Waals surface area contributed by atoms with Gasteiger partial charge in [-0.25, -0.2) is 0 Å². The van der Waals surface area contributed by atoms with Gasteiger partial charge in [-0.05, 0) is 37.1 Å². The van der Waals surface area contributed by atoms with E-state index in [4.69, 9.17) is 25.8 Å². The molecular formula is C24H29ClN2O5. The average molecular weight is 461 g/mol. The fourth-order valence-corrected chi connectivity index (χ4v) is 3.79. The zero-order valence-corrected chi connectivity index (χ0v) is 19.0. The molecule has 172 valence electrons. The van der Waals surface area contributed by atoms with Crippen LogP contribution >= 0.6 is 11.6 Å². The third-order valence-corrected chi connectivity index (χ3v) is 5.53. The number of methoxy groups -OCH3 is 1. The molecule has 1 saturated heterocycles. The topological polar surface area (TPSA) is 77.1 Å². The van der Waals surface area contributed by atoms with E-state index in [1.165, 1.54) is 0 Å². The number of hydrogen-bond acceptors (Lipinski definition) is 5. The number of nitrogens with one attached hydrogen (secondary N) is 1. The Morgan fingerprint density at radius 3 is 2.66 bits per heavy atom. The van der Waals surface area contributed by atoms with Crippen molar-refractivity contribution in [3.8, 4) is 11.5 Å². The van der Waals surface area contributed by atoms with Crippen molar-refractivity contribution in [3.63, 3.8) is 0 Å². The van der Waals surface area contributed by atoms with E-state index in [0.29, 0.717) is 49.4 Å². The van der Waals surface area contributed by atoms with Crippen molar-refractivity contribution < 1.29 is 23.8 Å². The lowest BCUT2D eigenvalue weighted by Crippen LogP contribution is -2.44. The number of halogens is 1. The van der Waals surface area contributed by atoms with Crippen molar-refractivity contribution in [2.45, 2.75) is 19.3 Å². The zero-order valence-electron chi connectivity index (χ0n) is 18.2. The summed E-state index contributed by atoms with van der Waals surface area (Å²) in [7, 11) is 1.59. The van der Waals surface area contributed by atoms with Gasteiger partial charge in [0.2, 0.25) is 11.8 Å². The lowest BCUT2D eigenvalue weighted by Gasteiger charge is -2.32. The lowest BCUT2D eigenvalue weighted by atomic mass is 9.96. The predicted octanol–water partition coefficient (Wildman–Crippen LogP) is 4.01. The monoisotopic (exact) mass is 460 g/mol. The Bertz CT molecular complexity index is 893. The maximum atomic E-state index is 12.9. The highest BCUT2D eigenvalue weighted by molar-refractivity contribution is 6.32. The Hall–Kier alpha value is -2.77. The third kappa shape index (κ3) is 6.87. The number of benzene rings is 2. The Balaban J connectivity index is 1.53. The maximum absolute atomic E-state index is 12.9. The zero-order chi connectivity index (χ0) is 22.8. The number of para-hydroxylation sites is 2. The average Bonchev–Trinajstić information content (AvgIpc) is 2.81. The molecule has 0 radical (unpaired) electrons. The first-order valence-corrected chi connectivity index (χ1v) is 11.1. The number of anilines is 1. The molecule has 0 bridgehead atoms. The van der Waals surface area contributed by atoms with Crippen molar-refractivity contribution in [2.24, 2.45) is 5.92 Å². The van der Waals surface area contributed by atoms with Crippen LogP contribution in [0, 0.1) is 5.92 Å². The fourth-order valence-electron chi connectivity index (χ4n) is 3.56. The number of likely N-dealkylation sites (tertiary alicyclic amines) is 1. The van der Waals surface area contributed by atoms with Crippen molar-refractivity contribution >= 4 is 29.1 Å². The van der Waals surface area contributed by atoms with Crippen LogP contribution in [0.15, 0.2) is 48.5 Å². The number of hydrogen-bond donors (Lipinski definition) is 1. The maximum Gasteiger partial charge on any atom is 0.229 e. The second kappa shape index (κ2) is 12.3. The molecule has 2 aromatic carbocycles. The summed E-state index contributed by atoms with van der Waals surface area (Å²) < 4.78 is 16.3. The standard InChI is InChI=1S/C24H29ClN2O5/c1-30-15-16-32-23-20(25)10-5-11-21(23)26-24(29)18-7-6-13-27(17-18)22(28)12-14-31-19-8-3-2-4-9-19/h2-5,8-11,18H,6-7,12-17H2,1H3,(H,26,29). The molecule has 1 heterocycles. The van der Waals surface area contributed by atoms with Crippen LogP contribution in [0.1, 0.15) is 19.3 Å². The van der Waals surface area contributed by atoms with Gasteiger partial charge >= 0.3 is 0 Å². The van der Waals surface area contributed by atoms with Gasteiger partial charge in [-0.2, -0.15) is 0 Å². The summed E-state index contributed by atoms with van der Waals surface area (Å²) in [6, 6.07) is 14.6. The van der Waals surface area contributed by atoms with Gasteiger partial charge in [-0.3, -0.25) is 9.59 Å². The number of ether oxygens (including phenoxy) is 3. The summed E-state index contributed by atoms with van der Waals surface area (Å²) in [4.78, 5) is 27.3. The molecule has 0 aliphatic carbocycles. The number of carbonyl (C=O) groups excluding carboxylic acids is 2. The summed E-state index contributed by atoms with van der Waals surface area (Å²) in [6.07, 6.45) is 1.77. The quantitative estimate of drug-likeness (QED) is 0.542. The van der Waals surface area contributed by atoms with Gasteiger partial charge in [-0.15, -0.1) is 0 Å². The van der Waals surface area contributed by atoms with Crippen LogP contribution in [-0.2, 0) is 14.3 Å². The Kier molecular flexibility index (Phi) is 9.19. The summed E-state index contributed by atoms with van der Waals surface area (Å²) in [6.45, 7) is 2.07. The summed E-state index contributed by atoms with van der Waals surface area (Å²) >= 11 is 6.25. The number of amides is 2. The van der Waals surface area contributed by atoms with Crippen molar-refractivity contribution in [2.75, 3.05) is 45.3 Å². The summed E-state index contributed by atoms with van der Waals surface area (Å²) in [5.41, 5.74) is 0.512. The number of carbonyl (C=O) groups is 2. The molecule has 2 aromatic rings. The minimum atomic E-state index is -0.298. The SMILES string of the molecule is COCCOc1c(Cl)cccc1NC(=O)C1CCCN(C(=O)CCOc2ccccc2)C1. The van der Waals surface area contributed by atoms with Crippen LogP contribution in [0.5, 0.6) is 11.5 Å². The van der Waals surface area contributed by atoms with Gasteiger partial charge in [0, 0.05) is 20.2 Å². The Labute approximate surface area is 193 Å². The van der Waals surface area contributed by atoms with Gasteiger partial charge in [0.25, 0.3) is 0 Å². The van der Waals surface area contributed by atoms with Crippen molar-refractivity contribution in [1.82, 2.24) is 4.90 Å². The van der Waals surface area contributed by atoms with Crippen LogP contribution in [0.2, 0.25) is 5.02 Å². The first kappa shape index (κ1) is 23.9. The van der Waals surface area contributed by atoms with E-state index >= 15 is 0 Å². The molecule has 0 saturated carbocycles. The molecule has 8 heteroatoms. The van der Waals surface area contributed by atoms with Gasteiger partial charge in [0.05, 0.1) is 36.3 Å². The van der Waals surface area contributed by atoms with Crippen molar-refractivity contribution in [3.05, 3.63) is 53.6 Å². The Morgan fingerprint density at radius 2 is 1.88 bits per heavy atom. The predicted molar refractivity (Wildman–Crippen MR) is 123 cm³/mol. The minimum Gasteiger partial charge on any atom is -0.493 e. The van der Waals surface area contributed by atoms with Gasteiger partial charge in [0.1, 0.15) is 12.4 Å². The number of nitrogens with zero attached hydrogens (tertiary/aromatic N) is 1. The van der Waals surface area contributed by atoms with Crippen LogP contribution in [0.25, 0.3) is 0 Å². The van der Waals surface area contributed by atoms with Gasteiger partial charge in [0.15, 0.2) is 5.75 Å². The van der Waals surface area contributed by atoms with E-state index in [1.54, 1.807) is 30.2 Å². The molecule has 2 amide bonds. The largest absolute Gasteiger partial charge is 0.493 e. The number of piperidine rings is 1. The molecule has 1 atom stereocenters. The van der Waals surface area contributed by atoms with E-state index in [-0.39, 0.29) is 24.2 Å². The van der Waals surface area contributed by atoms with Crippen LogP contribution < -0.4 is 14.8 Å². The third-order valence-electron chi connectivity index (χ3n) is 5.23. The van der Waals surface area contributed by atoms with E-state index in [2.05, 4.69) is 5.32 Å². The molecule has 7 nitrogen and oxygen atoms in total. The highest BCUT2D eigenvalue weighted by atomic mass is 35.5. The minimum absolute atomic E-state index is 0.00947. The molecule has 0 spiro atoms. The second-order valence-electron chi connectivity index (χ2n) is 7.54. The molecule has 1 aliphatic rings. The normalized spacial score (nSPS) is 15.8. The molecule has 1 unspecified atom stereocenters. The molecule has 1 fully saturated rings. The van der Waals surface area contributed by atoms with Gasteiger partial charge in [-0.1, -0.05) is 35.9 Å². The van der Waals surface area contributed by atoms with Gasteiger partial charge < -0.3 is 24.4 Å². The van der Waals surface area contributed by atoms with E-state index in [1.807, 2.05) is 30.3 Å². The lowest BCUT2D eigenvalue weighted by molar-refractivity contribution is -0.135. The van der Waals surface area contributed by atoms with Crippen LogP contribution in [0.3, 0.4) is 0 Å².